The number of hydrogen-bond acceptors (Lipinski definition) is 11. The number of aryl methyl sites for hydroxylation is 1. The number of carbonyl (C=O) groups excluding carboxylic acids is 1. The molecule has 1 aliphatic rings. The number of anilines is 2. The summed E-state index contributed by atoms with van der Waals surface area (Å²) in [5, 5.41) is 2.77. The van der Waals surface area contributed by atoms with Crippen molar-refractivity contribution in [2.24, 2.45) is 21.5 Å². The quantitative estimate of drug-likeness (QED) is 0.267. The van der Waals surface area contributed by atoms with Crippen LogP contribution in [-0.4, -0.2) is 57.2 Å². The number of ether oxygens (including phenoxy) is 1. The van der Waals surface area contributed by atoms with Crippen molar-refractivity contribution in [3.8, 4) is 5.75 Å². The molecule has 0 unspecified atom stereocenters. The van der Waals surface area contributed by atoms with Crippen molar-refractivity contribution in [3.63, 3.8) is 0 Å². The van der Waals surface area contributed by atoms with Crippen molar-refractivity contribution in [3.05, 3.63) is 47.0 Å². The van der Waals surface area contributed by atoms with Gasteiger partial charge in [0.05, 0.1) is 10.8 Å². The molecule has 0 bridgehead atoms. The molecule has 0 fully saturated rings. The monoisotopic (exact) mass is 606 g/mol. The highest BCUT2D eigenvalue weighted by Crippen LogP contribution is 2.34. The number of aliphatic imine (C=N–C) groups is 2. The molecule has 17 heteroatoms. The smallest absolute Gasteiger partial charge is 0.332 e. The van der Waals surface area contributed by atoms with E-state index >= 15 is 0 Å². The third-order valence-electron chi connectivity index (χ3n) is 5.01. The highest BCUT2D eigenvalue weighted by Gasteiger charge is 2.33. The molecule has 2 aromatic rings. The number of rotatable bonds is 7. The van der Waals surface area contributed by atoms with Crippen molar-refractivity contribution in [2.75, 3.05) is 22.6 Å². The lowest BCUT2D eigenvalue weighted by molar-refractivity contribution is -0.118. The van der Waals surface area contributed by atoms with E-state index in [4.69, 9.17) is 32.4 Å². The molecule has 13 nitrogen and oxygen atoms in total. The van der Waals surface area contributed by atoms with E-state index in [9.17, 15) is 25.5 Å². The predicted octanol–water partition coefficient (Wildman–Crippen LogP) is 2.40. The fraction of sp³-hybridized carbons (Fsp3) is 0.318. The summed E-state index contributed by atoms with van der Waals surface area (Å²) in [5.41, 5.74) is 11.9. The van der Waals surface area contributed by atoms with Gasteiger partial charge in [-0.3, -0.25) is 14.2 Å². The van der Waals surface area contributed by atoms with E-state index in [-0.39, 0.29) is 46.3 Å². The maximum atomic E-state index is 13.2. The molecule has 0 saturated heterocycles. The van der Waals surface area contributed by atoms with Gasteiger partial charge in [-0.15, -0.1) is 3.89 Å². The Morgan fingerprint density at radius 2 is 1.79 bits per heavy atom. The van der Waals surface area contributed by atoms with Crippen LogP contribution in [0.15, 0.2) is 51.3 Å². The molecular formula is C22H28ClFN6O7S2. The molecule has 0 radical (unpaired) electrons. The topological polar surface area (TPSA) is 207 Å². The normalized spacial score (nSPS) is 14.9. The zero-order valence-electron chi connectivity index (χ0n) is 21.3. The van der Waals surface area contributed by atoms with Crippen LogP contribution >= 0.6 is 11.6 Å². The van der Waals surface area contributed by atoms with E-state index in [1.165, 1.54) is 26.0 Å². The van der Waals surface area contributed by atoms with Gasteiger partial charge in [-0.1, -0.05) is 11.6 Å². The third kappa shape index (κ3) is 9.05. The van der Waals surface area contributed by atoms with Gasteiger partial charge < -0.3 is 21.5 Å². The standard InChI is InChI=1S/C20H22ClFN6O4S.C2H6O3S/c1-11-8-12(4-7-16(11)33(22,30)31)25-17(29)10-32-15-6-5-13(9-14(15)21)28-19(24)26-18(23)27-20(28,2)3;1-2-6(3,4)5/h4-9H,10H2,1-3H3,(H,25,29)(H4,23,24,26,27);2H2,1H3,(H,3,4,5). The van der Waals surface area contributed by atoms with E-state index in [2.05, 4.69) is 15.3 Å². The van der Waals surface area contributed by atoms with E-state index < -0.39 is 36.8 Å². The van der Waals surface area contributed by atoms with Crippen LogP contribution in [0.5, 0.6) is 5.75 Å². The number of carbonyl (C=O) groups is 1. The number of nitrogens with one attached hydrogen (secondary N) is 1. The van der Waals surface area contributed by atoms with Crippen LogP contribution in [0, 0.1) is 6.92 Å². The summed E-state index contributed by atoms with van der Waals surface area (Å²) in [6.07, 6.45) is 0. The highest BCUT2D eigenvalue weighted by molar-refractivity contribution is 7.86. The molecule has 1 aliphatic heterocycles. The summed E-state index contributed by atoms with van der Waals surface area (Å²) < 4.78 is 67.7. The molecular weight excluding hydrogens is 579 g/mol. The molecule has 0 atom stereocenters. The van der Waals surface area contributed by atoms with Crippen molar-refractivity contribution in [1.82, 2.24) is 0 Å². The first-order valence-electron chi connectivity index (χ1n) is 11.1. The van der Waals surface area contributed by atoms with Gasteiger partial charge in [0.15, 0.2) is 6.61 Å². The largest absolute Gasteiger partial charge is 0.482 e. The number of guanidine groups is 2. The molecule has 1 heterocycles. The molecule has 3 rings (SSSR count). The van der Waals surface area contributed by atoms with Gasteiger partial charge in [0.2, 0.25) is 11.9 Å². The number of amides is 1. The number of benzene rings is 2. The van der Waals surface area contributed by atoms with Crippen LogP contribution in [0.2, 0.25) is 5.02 Å². The lowest BCUT2D eigenvalue weighted by atomic mass is 10.1. The number of nitrogens with zero attached hydrogens (tertiary/aromatic N) is 3. The van der Waals surface area contributed by atoms with Gasteiger partial charge in [0, 0.05) is 11.4 Å². The van der Waals surface area contributed by atoms with Gasteiger partial charge in [-0.25, -0.2) is 4.99 Å². The molecule has 6 N–H and O–H groups in total. The molecule has 214 valence electrons. The number of nitrogens with two attached hydrogens (primary N) is 2. The minimum atomic E-state index is -4.84. The fourth-order valence-electron chi connectivity index (χ4n) is 3.34. The second-order valence-electron chi connectivity index (χ2n) is 8.51. The van der Waals surface area contributed by atoms with Crippen LogP contribution in [0.4, 0.5) is 15.3 Å². The minimum Gasteiger partial charge on any atom is -0.482 e. The molecule has 0 aliphatic carbocycles. The Morgan fingerprint density at radius 1 is 1.18 bits per heavy atom. The maximum absolute atomic E-state index is 13.2. The van der Waals surface area contributed by atoms with Crippen LogP contribution in [0.25, 0.3) is 0 Å². The number of halogens is 2. The highest BCUT2D eigenvalue weighted by atomic mass is 35.5. The molecule has 2 aromatic carbocycles. The van der Waals surface area contributed by atoms with Gasteiger partial charge in [-0.2, -0.15) is 21.8 Å². The van der Waals surface area contributed by atoms with Crippen LogP contribution < -0.4 is 26.4 Å². The molecule has 0 saturated carbocycles. The van der Waals surface area contributed by atoms with E-state index in [0.29, 0.717) is 5.69 Å². The zero-order chi connectivity index (χ0) is 29.8. The Kier molecular flexibility index (Phi) is 9.89. The average Bonchev–Trinajstić information content (AvgIpc) is 2.76. The first-order valence-corrected chi connectivity index (χ1v) is 14.4. The van der Waals surface area contributed by atoms with Crippen molar-refractivity contribution in [2.45, 2.75) is 38.3 Å². The van der Waals surface area contributed by atoms with E-state index in [1.807, 2.05) is 0 Å². The zero-order valence-corrected chi connectivity index (χ0v) is 23.7. The van der Waals surface area contributed by atoms with E-state index in [1.54, 1.807) is 36.9 Å². The summed E-state index contributed by atoms with van der Waals surface area (Å²) in [6, 6.07) is 8.54. The Morgan fingerprint density at radius 3 is 2.28 bits per heavy atom. The second-order valence-corrected chi connectivity index (χ2v) is 12.0. The predicted molar refractivity (Wildman–Crippen MR) is 147 cm³/mol. The third-order valence-corrected chi connectivity index (χ3v) is 7.02. The summed E-state index contributed by atoms with van der Waals surface area (Å²) >= 11 is 6.33. The van der Waals surface area contributed by atoms with Gasteiger partial charge in [0.1, 0.15) is 16.3 Å². The lowest BCUT2D eigenvalue weighted by Crippen LogP contribution is -2.54. The fourth-order valence-corrected chi connectivity index (χ4v) is 4.24. The van der Waals surface area contributed by atoms with E-state index in [0.717, 1.165) is 6.07 Å². The van der Waals surface area contributed by atoms with Crippen LogP contribution in [0.3, 0.4) is 0 Å². The van der Waals surface area contributed by atoms with Crippen LogP contribution in [0.1, 0.15) is 26.3 Å². The molecule has 39 heavy (non-hydrogen) atoms. The summed E-state index contributed by atoms with van der Waals surface area (Å²) in [7, 11) is -8.50. The Hall–Kier alpha value is -3.47. The molecule has 1 amide bonds. The molecule has 0 spiro atoms. The first kappa shape index (κ1) is 31.7. The maximum Gasteiger partial charge on any atom is 0.332 e. The Balaban J connectivity index is 0.000000798. The van der Waals surface area contributed by atoms with Crippen molar-refractivity contribution in [1.29, 1.82) is 0 Å². The molecule has 0 aromatic heterocycles. The Bertz CT molecular complexity index is 1530. The SMILES string of the molecule is CCS(=O)(=O)O.Cc1cc(NC(=O)COc2ccc(N3C(N)=NC(N)=NC3(C)C)cc2Cl)ccc1S(=O)(=O)F. The summed E-state index contributed by atoms with van der Waals surface area (Å²) in [6.45, 7) is 6.03. The van der Waals surface area contributed by atoms with Gasteiger partial charge in [-0.05, 0) is 69.7 Å². The first-order chi connectivity index (χ1) is 17.8. The summed E-state index contributed by atoms with van der Waals surface area (Å²) in [4.78, 5) is 21.7. The van der Waals surface area contributed by atoms with Crippen LogP contribution in [-0.2, 0) is 25.1 Å². The van der Waals surface area contributed by atoms with Gasteiger partial charge in [0.25, 0.3) is 16.0 Å². The van der Waals surface area contributed by atoms with Crippen molar-refractivity contribution >= 4 is 61.1 Å². The Labute approximate surface area is 230 Å². The minimum absolute atomic E-state index is 0.0713. The summed E-state index contributed by atoms with van der Waals surface area (Å²) in [5.74, 6) is -0.254. The van der Waals surface area contributed by atoms with Crippen molar-refractivity contribution < 1.29 is 34.8 Å². The number of hydrogen-bond donors (Lipinski definition) is 4. The second kappa shape index (κ2) is 12.1. The average molecular weight is 607 g/mol. The van der Waals surface area contributed by atoms with Gasteiger partial charge >= 0.3 is 10.2 Å². The lowest BCUT2D eigenvalue weighted by Gasteiger charge is -2.38.